The molecule has 1 aromatic rings. The summed E-state index contributed by atoms with van der Waals surface area (Å²) in [6.07, 6.45) is 2.97. The van der Waals surface area contributed by atoms with E-state index in [-0.39, 0.29) is 6.04 Å². The van der Waals surface area contributed by atoms with Crippen LogP contribution in [0.1, 0.15) is 17.5 Å². The highest BCUT2D eigenvalue weighted by atomic mass is 19.1. The van der Waals surface area contributed by atoms with Gasteiger partial charge in [0.2, 0.25) is 0 Å². The fourth-order valence-corrected chi connectivity index (χ4v) is 5.22. The number of alkyl halides is 1. The maximum absolute atomic E-state index is 14.5. The van der Waals surface area contributed by atoms with Crippen LogP contribution >= 0.6 is 0 Å². The van der Waals surface area contributed by atoms with Crippen molar-refractivity contribution in [3.63, 3.8) is 0 Å². The number of ether oxygens (including phenoxy) is 1. The Hall–Kier alpha value is -1.39. The van der Waals surface area contributed by atoms with Crippen molar-refractivity contribution in [3.05, 3.63) is 41.5 Å². The molecule has 2 aliphatic carbocycles. The van der Waals surface area contributed by atoms with E-state index in [1.807, 2.05) is 19.2 Å². The SMILES string of the molecule is CN1CC[C@]23c4c5cccc4O[C@H]2[C@H](F)C=C[C@@]3(O)[C@H]1C5. The lowest BCUT2D eigenvalue weighted by Gasteiger charge is -2.60. The van der Waals surface area contributed by atoms with E-state index < -0.39 is 23.3 Å². The Balaban J connectivity index is 1.88. The van der Waals surface area contributed by atoms with E-state index >= 15 is 0 Å². The van der Waals surface area contributed by atoms with Crippen LogP contribution in [0.3, 0.4) is 0 Å². The number of piperidine rings is 1. The monoisotopic (exact) mass is 287 g/mol. The third-order valence-electron chi connectivity index (χ3n) is 6.15. The summed E-state index contributed by atoms with van der Waals surface area (Å²) in [7, 11) is 2.05. The molecule has 4 heteroatoms. The summed E-state index contributed by atoms with van der Waals surface area (Å²) in [6.45, 7) is 0.862. The maximum atomic E-state index is 14.5. The molecular weight excluding hydrogens is 269 g/mol. The van der Waals surface area contributed by atoms with Gasteiger partial charge in [0, 0.05) is 11.6 Å². The highest BCUT2D eigenvalue weighted by Gasteiger charge is 2.71. The van der Waals surface area contributed by atoms with Crippen molar-refractivity contribution in [2.45, 2.75) is 42.2 Å². The van der Waals surface area contributed by atoms with E-state index in [1.165, 1.54) is 11.6 Å². The van der Waals surface area contributed by atoms with Crippen LogP contribution in [0, 0.1) is 0 Å². The van der Waals surface area contributed by atoms with Crippen LogP contribution < -0.4 is 4.74 Å². The van der Waals surface area contributed by atoms with Gasteiger partial charge in [0.15, 0.2) is 6.17 Å². The van der Waals surface area contributed by atoms with Gasteiger partial charge < -0.3 is 9.84 Å². The summed E-state index contributed by atoms with van der Waals surface area (Å²) in [5, 5.41) is 11.5. The highest BCUT2D eigenvalue weighted by Crippen LogP contribution is 2.62. The molecule has 1 fully saturated rings. The van der Waals surface area contributed by atoms with Crippen molar-refractivity contribution in [1.29, 1.82) is 0 Å². The highest BCUT2D eigenvalue weighted by molar-refractivity contribution is 5.59. The molecule has 5 rings (SSSR count). The molecule has 1 aromatic carbocycles. The molecule has 1 saturated heterocycles. The molecule has 110 valence electrons. The van der Waals surface area contributed by atoms with E-state index in [0.717, 1.165) is 30.7 Å². The summed E-state index contributed by atoms with van der Waals surface area (Å²) in [6, 6.07) is 5.98. The number of aliphatic hydroxyl groups is 1. The summed E-state index contributed by atoms with van der Waals surface area (Å²) in [5.74, 6) is 0.769. The minimum Gasteiger partial charge on any atom is -0.486 e. The van der Waals surface area contributed by atoms with Crippen LogP contribution in [0.2, 0.25) is 0 Å². The number of halogens is 1. The first-order valence-corrected chi connectivity index (χ1v) is 7.63. The van der Waals surface area contributed by atoms with Crippen LogP contribution in [-0.2, 0) is 11.8 Å². The number of likely N-dealkylation sites (N-methyl/N-ethyl adjacent to an activating group) is 1. The van der Waals surface area contributed by atoms with Crippen molar-refractivity contribution < 1.29 is 14.2 Å². The van der Waals surface area contributed by atoms with Crippen molar-refractivity contribution in [2.75, 3.05) is 13.6 Å². The molecule has 21 heavy (non-hydrogen) atoms. The van der Waals surface area contributed by atoms with Gasteiger partial charge in [0.1, 0.15) is 17.5 Å². The lowest BCUT2D eigenvalue weighted by Crippen LogP contribution is -2.74. The molecule has 0 aromatic heterocycles. The van der Waals surface area contributed by atoms with Gasteiger partial charge in [-0.15, -0.1) is 0 Å². The zero-order valence-electron chi connectivity index (χ0n) is 11.9. The average Bonchev–Trinajstić information content (AvgIpc) is 2.81. The van der Waals surface area contributed by atoms with Crippen LogP contribution in [0.4, 0.5) is 4.39 Å². The number of likely N-dealkylation sites (tertiary alicyclic amines) is 1. The Morgan fingerprint density at radius 1 is 1.43 bits per heavy atom. The molecule has 5 atom stereocenters. The van der Waals surface area contributed by atoms with Gasteiger partial charge in [0.25, 0.3) is 0 Å². The van der Waals surface area contributed by atoms with Gasteiger partial charge in [0.05, 0.1) is 5.41 Å². The molecule has 4 aliphatic rings. The first-order chi connectivity index (χ1) is 10.1. The Kier molecular flexibility index (Phi) is 2.03. The largest absolute Gasteiger partial charge is 0.486 e. The smallest absolute Gasteiger partial charge is 0.156 e. The first kappa shape index (κ1) is 12.2. The number of nitrogens with zero attached hydrogens (tertiary/aromatic N) is 1. The normalized spacial score (nSPS) is 46.1. The summed E-state index contributed by atoms with van der Waals surface area (Å²) < 4.78 is 20.5. The molecule has 0 unspecified atom stereocenters. The molecule has 3 nitrogen and oxygen atoms in total. The molecule has 2 bridgehead atoms. The summed E-state index contributed by atoms with van der Waals surface area (Å²) in [4.78, 5) is 2.21. The van der Waals surface area contributed by atoms with E-state index in [0.29, 0.717) is 0 Å². The maximum Gasteiger partial charge on any atom is 0.156 e. The van der Waals surface area contributed by atoms with Gasteiger partial charge in [-0.05, 0) is 44.1 Å². The quantitative estimate of drug-likeness (QED) is 0.736. The Bertz CT molecular complexity index is 675. The molecule has 0 saturated carbocycles. The van der Waals surface area contributed by atoms with Crippen molar-refractivity contribution in [3.8, 4) is 5.75 Å². The molecule has 1 spiro atoms. The number of benzene rings is 1. The first-order valence-electron chi connectivity index (χ1n) is 7.63. The average molecular weight is 287 g/mol. The lowest BCUT2D eigenvalue weighted by atomic mass is 9.51. The number of hydrogen-bond acceptors (Lipinski definition) is 3. The topological polar surface area (TPSA) is 32.7 Å². The van der Waals surface area contributed by atoms with Gasteiger partial charge in [-0.3, -0.25) is 4.90 Å². The molecule has 0 radical (unpaired) electrons. The minimum atomic E-state index is -1.16. The second-order valence-corrected chi connectivity index (χ2v) is 6.88. The summed E-state index contributed by atoms with van der Waals surface area (Å²) >= 11 is 0. The van der Waals surface area contributed by atoms with Crippen molar-refractivity contribution >= 4 is 0 Å². The zero-order chi connectivity index (χ0) is 14.4. The Morgan fingerprint density at radius 3 is 3.14 bits per heavy atom. The Morgan fingerprint density at radius 2 is 2.29 bits per heavy atom. The van der Waals surface area contributed by atoms with E-state index in [4.69, 9.17) is 4.74 Å². The van der Waals surface area contributed by atoms with Crippen LogP contribution in [-0.4, -0.2) is 47.5 Å². The van der Waals surface area contributed by atoms with Gasteiger partial charge in [-0.25, -0.2) is 4.39 Å². The van der Waals surface area contributed by atoms with Crippen LogP contribution in [0.25, 0.3) is 0 Å². The van der Waals surface area contributed by atoms with Gasteiger partial charge >= 0.3 is 0 Å². The fourth-order valence-electron chi connectivity index (χ4n) is 5.22. The predicted octanol–water partition coefficient (Wildman–Crippen LogP) is 1.58. The molecule has 2 aliphatic heterocycles. The molecule has 2 heterocycles. The predicted molar refractivity (Wildman–Crippen MR) is 76.3 cm³/mol. The van der Waals surface area contributed by atoms with Crippen LogP contribution in [0.5, 0.6) is 5.75 Å². The lowest BCUT2D eigenvalue weighted by molar-refractivity contribution is -0.144. The van der Waals surface area contributed by atoms with Crippen molar-refractivity contribution in [1.82, 2.24) is 4.90 Å². The van der Waals surface area contributed by atoms with Gasteiger partial charge in [-0.1, -0.05) is 18.2 Å². The number of rotatable bonds is 0. The van der Waals surface area contributed by atoms with E-state index in [9.17, 15) is 9.50 Å². The van der Waals surface area contributed by atoms with E-state index in [2.05, 4.69) is 11.0 Å². The second-order valence-electron chi connectivity index (χ2n) is 6.88. The van der Waals surface area contributed by atoms with Gasteiger partial charge in [-0.2, -0.15) is 0 Å². The standard InChI is InChI=1S/C17H18FNO2/c1-19-8-7-16-14-10-3-2-4-12(14)21-15(16)11(18)5-6-17(16,20)13(19)9-10/h2-6,11,13,15,20H,7-9H2,1H3/t11-,13-,15+,16+,17-/m1/s1. The van der Waals surface area contributed by atoms with Crippen LogP contribution in [0.15, 0.2) is 30.4 Å². The molecule has 0 amide bonds. The molecule has 1 N–H and O–H groups in total. The van der Waals surface area contributed by atoms with E-state index in [1.54, 1.807) is 6.08 Å². The van der Waals surface area contributed by atoms with Crippen molar-refractivity contribution in [2.24, 2.45) is 0 Å². The number of hydrogen-bond donors (Lipinski definition) is 1. The summed E-state index contributed by atoms with van der Waals surface area (Å²) in [5.41, 5.74) is 0.614. The fraction of sp³-hybridized carbons (Fsp3) is 0.529. The zero-order valence-corrected chi connectivity index (χ0v) is 11.9. The minimum absolute atomic E-state index is 0.0121. The Labute approximate surface area is 123 Å². The molecular formula is C17H18FNO2. The third kappa shape index (κ3) is 1.12. The second kappa shape index (κ2) is 3.50. The third-order valence-corrected chi connectivity index (χ3v) is 6.15.